The average Bonchev–Trinajstić information content (AvgIpc) is 3.20. The monoisotopic (exact) mass is 605 g/mol. The molecule has 0 saturated carbocycles. The number of nitrogens with one attached hydrogen (secondary N) is 2. The second-order valence-corrected chi connectivity index (χ2v) is 11.9. The van der Waals surface area contributed by atoms with Gasteiger partial charge in [-0.25, -0.2) is 8.78 Å². The Kier molecular flexibility index (Phi) is 12.0. The summed E-state index contributed by atoms with van der Waals surface area (Å²) < 4.78 is 28.2. The van der Waals surface area contributed by atoms with Crippen LogP contribution >= 0.6 is 0 Å². The number of rotatable bonds is 13. The minimum Gasteiger partial charge on any atom is -0.390 e. The maximum atomic E-state index is 14.1. The zero-order valence-electron chi connectivity index (χ0n) is 26.0. The van der Waals surface area contributed by atoms with E-state index in [1.54, 1.807) is 23.1 Å². The summed E-state index contributed by atoms with van der Waals surface area (Å²) in [5.74, 6) is -2.05. The zero-order chi connectivity index (χ0) is 31.6. The molecular weight excluding hydrogens is 560 g/mol. The van der Waals surface area contributed by atoms with Crippen molar-refractivity contribution in [2.24, 2.45) is 0 Å². The van der Waals surface area contributed by atoms with Crippen molar-refractivity contribution >= 4 is 11.8 Å². The number of carbonyl (C=O) groups excluding carboxylic acids is 2. The van der Waals surface area contributed by atoms with Crippen molar-refractivity contribution in [3.8, 4) is 0 Å². The van der Waals surface area contributed by atoms with Crippen molar-refractivity contribution in [2.45, 2.75) is 83.9 Å². The smallest absolute Gasteiger partial charge is 0.253 e. The van der Waals surface area contributed by atoms with Crippen molar-refractivity contribution in [2.75, 3.05) is 19.6 Å². The van der Waals surface area contributed by atoms with Crippen LogP contribution in [-0.2, 0) is 12.8 Å². The van der Waals surface area contributed by atoms with E-state index in [0.717, 1.165) is 50.2 Å². The Hall–Kier alpha value is -3.62. The van der Waals surface area contributed by atoms with Gasteiger partial charge in [0.05, 0.1) is 12.1 Å². The van der Waals surface area contributed by atoms with Crippen LogP contribution in [0.4, 0.5) is 8.78 Å². The van der Waals surface area contributed by atoms with E-state index >= 15 is 0 Å². The van der Waals surface area contributed by atoms with Crippen LogP contribution < -0.4 is 10.6 Å². The van der Waals surface area contributed by atoms with E-state index in [1.165, 1.54) is 23.3 Å². The molecule has 2 amide bonds. The quantitative estimate of drug-likeness (QED) is 0.200. The zero-order valence-corrected chi connectivity index (χ0v) is 26.0. The van der Waals surface area contributed by atoms with E-state index in [4.69, 9.17) is 0 Å². The first-order chi connectivity index (χ1) is 21.2. The first kappa shape index (κ1) is 33.3. The Morgan fingerprint density at radius 2 is 1.64 bits per heavy atom. The SMILES string of the molecule is CCCN(CCC)C(=O)c1cc(C)cc(C(=O)NC(Cc2cc(F)cc(F)c2)C(O)CNC2CCCCc3ccccc32)c1. The molecule has 0 saturated heterocycles. The molecule has 3 atom stereocenters. The predicted molar refractivity (Wildman–Crippen MR) is 170 cm³/mol. The van der Waals surface area contributed by atoms with Gasteiger partial charge in [-0.3, -0.25) is 9.59 Å². The third kappa shape index (κ3) is 8.96. The van der Waals surface area contributed by atoms with Crippen LogP contribution in [0.3, 0.4) is 0 Å². The normalized spacial score (nSPS) is 16.0. The van der Waals surface area contributed by atoms with Crippen LogP contribution in [0.15, 0.2) is 60.7 Å². The van der Waals surface area contributed by atoms with Gasteiger partial charge in [-0.2, -0.15) is 0 Å². The minimum absolute atomic E-state index is 0.0168. The van der Waals surface area contributed by atoms with Gasteiger partial charge in [-0.15, -0.1) is 0 Å². The number of hydrogen-bond donors (Lipinski definition) is 3. The Labute approximate surface area is 259 Å². The van der Waals surface area contributed by atoms with Crippen LogP contribution in [-0.4, -0.2) is 53.6 Å². The first-order valence-electron chi connectivity index (χ1n) is 15.8. The van der Waals surface area contributed by atoms with E-state index in [-0.39, 0.29) is 30.5 Å². The maximum Gasteiger partial charge on any atom is 0.253 e. The lowest BCUT2D eigenvalue weighted by Gasteiger charge is -2.28. The Morgan fingerprint density at radius 3 is 2.34 bits per heavy atom. The van der Waals surface area contributed by atoms with Gasteiger partial charge in [0, 0.05) is 42.9 Å². The van der Waals surface area contributed by atoms with Crippen molar-refractivity contribution in [1.29, 1.82) is 0 Å². The fourth-order valence-corrected chi connectivity index (χ4v) is 6.13. The summed E-state index contributed by atoms with van der Waals surface area (Å²) in [6.07, 6.45) is 4.68. The number of aliphatic hydroxyl groups is 1. The van der Waals surface area contributed by atoms with Gasteiger partial charge in [-0.05, 0) is 98.0 Å². The molecule has 3 unspecified atom stereocenters. The molecule has 1 aliphatic carbocycles. The summed E-state index contributed by atoms with van der Waals surface area (Å²) >= 11 is 0. The van der Waals surface area contributed by atoms with Gasteiger partial charge < -0.3 is 20.6 Å². The second-order valence-electron chi connectivity index (χ2n) is 11.9. The van der Waals surface area contributed by atoms with Crippen LogP contribution in [0.25, 0.3) is 0 Å². The summed E-state index contributed by atoms with van der Waals surface area (Å²) in [7, 11) is 0. The lowest BCUT2D eigenvalue weighted by atomic mass is 9.97. The Balaban J connectivity index is 1.56. The highest BCUT2D eigenvalue weighted by Gasteiger charge is 2.26. The predicted octanol–water partition coefficient (Wildman–Crippen LogP) is 6.29. The molecule has 0 bridgehead atoms. The van der Waals surface area contributed by atoms with Crippen molar-refractivity contribution < 1.29 is 23.5 Å². The van der Waals surface area contributed by atoms with Gasteiger partial charge >= 0.3 is 0 Å². The van der Waals surface area contributed by atoms with E-state index in [0.29, 0.717) is 24.2 Å². The van der Waals surface area contributed by atoms with E-state index in [2.05, 4.69) is 22.8 Å². The molecular formula is C36H45F2N3O3. The van der Waals surface area contributed by atoms with Gasteiger partial charge in [0.25, 0.3) is 11.8 Å². The van der Waals surface area contributed by atoms with Gasteiger partial charge in [-0.1, -0.05) is 44.5 Å². The van der Waals surface area contributed by atoms with Crippen molar-refractivity contribution in [1.82, 2.24) is 15.5 Å². The van der Waals surface area contributed by atoms with Gasteiger partial charge in [0.2, 0.25) is 0 Å². The highest BCUT2D eigenvalue weighted by molar-refractivity contribution is 6.00. The van der Waals surface area contributed by atoms with Crippen molar-refractivity contribution in [3.63, 3.8) is 0 Å². The number of halogens is 2. The van der Waals surface area contributed by atoms with Crippen LogP contribution in [0.1, 0.15) is 95.0 Å². The number of aliphatic hydroxyl groups excluding tert-OH is 1. The lowest BCUT2D eigenvalue weighted by Crippen LogP contribution is -2.49. The fourth-order valence-electron chi connectivity index (χ4n) is 6.13. The number of aryl methyl sites for hydroxylation is 2. The topological polar surface area (TPSA) is 81.7 Å². The van der Waals surface area contributed by atoms with E-state index < -0.39 is 29.7 Å². The molecule has 4 rings (SSSR count). The third-order valence-corrected chi connectivity index (χ3v) is 8.21. The average molecular weight is 606 g/mol. The largest absolute Gasteiger partial charge is 0.390 e. The second kappa shape index (κ2) is 15.9. The molecule has 0 aliphatic heterocycles. The van der Waals surface area contributed by atoms with Crippen LogP contribution in [0.2, 0.25) is 0 Å². The molecule has 0 heterocycles. The molecule has 44 heavy (non-hydrogen) atoms. The Morgan fingerprint density at radius 1 is 0.955 bits per heavy atom. The number of hydrogen-bond acceptors (Lipinski definition) is 4. The molecule has 6 nitrogen and oxygen atoms in total. The number of fused-ring (bicyclic) bond motifs is 1. The van der Waals surface area contributed by atoms with Gasteiger partial charge in [0.15, 0.2) is 0 Å². The summed E-state index contributed by atoms with van der Waals surface area (Å²) in [6.45, 7) is 7.28. The molecule has 8 heteroatoms. The number of nitrogens with zero attached hydrogens (tertiary/aromatic N) is 1. The molecule has 3 N–H and O–H groups in total. The molecule has 3 aromatic rings. The molecule has 236 valence electrons. The standard InChI is InChI=1S/C36H45F2N3O3/c1-4-14-41(15-5-2)36(44)28-17-24(3)16-27(21-28)35(43)40-33(20-25-18-29(37)22-30(38)19-25)34(42)23-39-32-13-9-7-11-26-10-6-8-12-31(26)32/h6,8,10,12,16-19,21-22,32-34,39,42H,4-5,7,9,11,13-15,20,23H2,1-3H3,(H,40,43). The van der Waals surface area contributed by atoms with Crippen LogP contribution in [0, 0.1) is 18.6 Å². The number of benzene rings is 3. The fraction of sp³-hybridized carbons (Fsp3) is 0.444. The van der Waals surface area contributed by atoms with Crippen LogP contribution in [0.5, 0.6) is 0 Å². The summed E-state index contributed by atoms with van der Waals surface area (Å²) in [5, 5.41) is 17.8. The highest BCUT2D eigenvalue weighted by Crippen LogP contribution is 2.28. The molecule has 0 fully saturated rings. The maximum absolute atomic E-state index is 14.1. The van der Waals surface area contributed by atoms with Crippen molar-refractivity contribution in [3.05, 3.63) is 106 Å². The molecule has 3 aromatic carbocycles. The summed E-state index contributed by atoms with van der Waals surface area (Å²) in [5.41, 5.74) is 4.29. The summed E-state index contributed by atoms with van der Waals surface area (Å²) in [6, 6.07) is 15.8. The minimum atomic E-state index is -1.06. The summed E-state index contributed by atoms with van der Waals surface area (Å²) in [4.78, 5) is 28.7. The first-order valence-corrected chi connectivity index (χ1v) is 15.8. The third-order valence-electron chi connectivity index (χ3n) is 8.21. The lowest BCUT2D eigenvalue weighted by molar-refractivity contribution is 0.0755. The molecule has 0 aromatic heterocycles. The molecule has 0 radical (unpaired) electrons. The highest BCUT2D eigenvalue weighted by atomic mass is 19.1. The molecule has 0 spiro atoms. The van der Waals surface area contributed by atoms with E-state index in [9.17, 15) is 23.5 Å². The molecule has 1 aliphatic rings. The van der Waals surface area contributed by atoms with Gasteiger partial charge in [0.1, 0.15) is 11.6 Å². The number of carbonyl (C=O) groups is 2. The Bertz CT molecular complexity index is 1400. The number of amides is 2. The van der Waals surface area contributed by atoms with E-state index in [1.807, 2.05) is 32.9 Å².